The normalized spacial score (nSPS) is 16.3. The van der Waals surface area contributed by atoms with Gasteiger partial charge in [0.15, 0.2) is 0 Å². The van der Waals surface area contributed by atoms with Gasteiger partial charge < -0.3 is 10.2 Å². The van der Waals surface area contributed by atoms with E-state index in [1.54, 1.807) is 0 Å². The van der Waals surface area contributed by atoms with Crippen molar-refractivity contribution in [3.63, 3.8) is 0 Å². The van der Waals surface area contributed by atoms with Gasteiger partial charge >= 0.3 is 0 Å². The van der Waals surface area contributed by atoms with Crippen LogP contribution in [-0.4, -0.2) is 35.5 Å². The summed E-state index contributed by atoms with van der Waals surface area (Å²) in [7, 11) is 0. The number of hydrogen-bond acceptors (Lipinski definition) is 4. The quantitative estimate of drug-likeness (QED) is 0.607. The summed E-state index contributed by atoms with van der Waals surface area (Å²) in [6.07, 6.45) is 7.57. The number of carbonyl (C=O) groups is 1. The fraction of sp³-hybridized carbons (Fsp3) is 0.320. The van der Waals surface area contributed by atoms with Crippen molar-refractivity contribution in [2.75, 3.05) is 24.5 Å². The summed E-state index contributed by atoms with van der Waals surface area (Å²) in [6, 6.07) is 20.5. The van der Waals surface area contributed by atoms with E-state index in [2.05, 4.69) is 56.6 Å². The van der Waals surface area contributed by atoms with E-state index in [1.807, 2.05) is 36.7 Å². The molecule has 0 unspecified atom stereocenters. The van der Waals surface area contributed by atoms with Gasteiger partial charge in [0.05, 0.1) is 5.92 Å². The highest BCUT2D eigenvalue weighted by molar-refractivity contribution is 5.79. The van der Waals surface area contributed by atoms with Gasteiger partial charge in [-0.1, -0.05) is 60.7 Å². The van der Waals surface area contributed by atoms with Crippen molar-refractivity contribution in [1.29, 1.82) is 0 Å². The Morgan fingerprint density at radius 1 is 0.967 bits per heavy atom. The molecule has 0 spiro atoms. The predicted molar refractivity (Wildman–Crippen MR) is 120 cm³/mol. The number of aromatic nitrogens is 2. The molecule has 1 fully saturated rings. The third-order valence-corrected chi connectivity index (χ3v) is 5.60. The second-order valence-electron chi connectivity index (χ2n) is 7.80. The highest BCUT2D eigenvalue weighted by atomic mass is 16.1. The van der Waals surface area contributed by atoms with Crippen LogP contribution < -0.4 is 10.2 Å². The Labute approximate surface area is 178 Å². The lowest BCUT2D eigenvalue weighted by Gasteiger charge is -2.32. The molecular weight excluding hydrogens is 372 g/mol. The van der Waals surface area contributed by atoms with Crippen LogP contribution in [0, 0.1) is 5.92 Å². The first-order chi connectivity index (χ1) is 14.8. The van der Waals surface area contributed by atoms with Gasteiger partial charge in [0, 0.05) is 37.6 Å². The van der Waals surface area contributed by atoms with Crippen molar-refractivity contribution >= 4 is 11.9 Å². The van der Waals surface area contributed by atoms with Gasteiger partial charge in [0.2, 0.25) is 11.9 Å². The van der Waals surface area contributed by atoms with Crippen LogP contribution >= 0.6 is 0 Å². The van der Waals surface area contributed by atoms with E-state index in [1.165, 1.54) is 5.56 Å². The maximum Gasteiger partial charge on any atom is 0.225 e. The van der Waals surface area contributed by atoms with Crippen LogP contribution in [0.25, 0.3) is 11.1 Å². The van der Waals surface area contributed by atoms with Crippen molar-refractivity contribution in [3.05, 3.63) is 78.6 Å². The minimum atomic E-state index is -0.00660. The molecule has 0 bridgehead atoms. The maximum atomic E-state index is 12.6. The molecule has 0 aliphatic carbocycles. The Balaban J connectivity index is 1.28. The minimum Gasteiger partial charge on any atom is -0.356 e. The summed E-state index contributed by atoms with van der Waals surface area (Å²) in [4.78, 5) is 23.9. The third-order valence-electron chi connectivity index (χ3n) is 5.60. The van der Waals surface area contributed by atoms with Crippen LogP contribution in [-0.2, 0) is 11.2 Å². The maximum absolute atomic E-state index is 12.6. The molecule has 154 valence electrons. The summed E-state index contributed by atoms with van der Waals surface area (Å²) in [5, 5.41) is 3.12. The molecule has 1 aliphatic rings. The smallest absolute Gasteiger partial charge is 0.225 e. The lowest BCUT2D eigenvalue weighted by Crippen LogP contribution is -2.44. The molecule has 2 aromatic carbocycles. The molecule has 1 aromatic heterocycles. The van der Waals surface area contributed by atoms with Gasteiger partial charge in [0.1, 0.15) is 0 Å². The topological polar surface area (TPSA) is 58.1 Å². The average molecular weight is 401 g/mol. The van der Waals surface area contributed by atoms with E-state index in [-0.39, 0.29) is 11.8 Å². The van der Waals surface area contributed by atoms with Gasteiger partial charge in [-0.15, -0.1) is 0 Å². The summed E-state index contributed by atoms with van der Waals surface area (Å²) in [6.45, 7) is 2.28. The number of nitrogens with zero attached hydrogens (tertiary/aromatic N) is 3. The summed E-state index contributed by atoms with van der Waals surface area (Å²) in [5.74, 6) is 0.845. The molecule has 0 radical (unpaired) electrons. The van der Waals surface area contributed by atoms with Crippen LogP contribution in [0.3, 0.4) is 0 Å². The molecule has 1 amide bonds. The molecule has 3 aromatic rings. The molecule has 5 nitrogen and oxygen atoms in total. The first kappa shape index (κ1) is 20.1. The zero-order valence-corrected chi connectivity index (χ0v) is 17.2. The predicted octanol–water partition coefficient (Wildman–Crippen LogP) is 4.11. The SMILES string of the molecule is O=C(NCCCc1ccccc1)[C@@H]1CCCN(c2ncc(-c3ccccc3)cn2)C1. The molecule has 1 aliphatic heterocycles. The molecular formula is C25H28N4O. The first-order valence-electron chi connectivity index (χ1n) is 10.7. The Morgan fingerprint density at radius 2 is 1.67 bits per heavy atom. The van der Waals surface area contributed by atoms with Crippen LogP contribution in [0.5, 0.6) is 0 Å². The third kappa shape index (κ3) is 5.23. The van der Waals surface area contributed by atoms with Crippen molar-refractivity contribution < 1.29 is 4.79 Å². The first-order valence-corrected chi connectivity index (χ1v) is 10.7. The van der Waals surface area contributed by atoms with Crippen molar-refractivity contribution in [3.8, 4) is 11.1 Å². The highest BCUT2D eigenvalue weighted by Gasteiger charge is 2.26. The molecule has 4 rings (SSSR count). The van der Waals surface area contributed by atoms with Crippen molar-refractivity contribution in [2.24, 2.45) is 5.92 Å². The van der Waals surface area contributed by atoms with Gasteiger partial charge in [-0.05, 0) is 36.8 Å². The number of benzene rings is 2. The zero-order valence-electron chi connectivity index (χ0n) is 17.2. The number of amides is 1. The second kappa shape index (κ2) is 10.0. The molecule has 1 N–H and O–H groups in total. The number of piperidine rings is 1. The molecule has 1 atom stereocenters. The van der Waals surface area contributed by atoms with Gasteiger partial charge in [0.25, 0.3) is 0 Å². The largest absolute Gasteiger partial charge is 0.356 e. The van der Waals surface area contributed by atoms with Crippen LogP contribution in [0.15, 0.2) is 73.1 Å². The Bertz CT molecular complexity index is 928. The number of anilines is 1. The molecule has 30 heavy (non-hydrogen) atoms. The van der Waals surface area contributed by atoms with Gasteiger partial charge in [-0.3, -0.25) is 4.79 Å². The van der Waals surface area contributed by atoms with Crippen LogP contribution in [0.2, 0.25) is 0 Å². The van der Waals surface area contributed by atoms with E-state index in [4.69, 9.17) is 0 Å². The lowest BCUT2D eigenvalue weighted by molar-refractivity contribution is -0.125. The number of hydrogen-bond donors (Lipinski definition) is 1. The average Bonchev–Trinajstić information content (AvgIpc) is 2.83. The molecule has 1 saturated heterocycles. The number of rotatable bonds is 7. The fourth-order valence-corrected chi connectivity index (χ4v) is 3.93. The number of aryl methyl sites for hydroxylation is 1. The summed E-state index contributed by atoms with van der Waals surface area (Å²) in [5.41, 5.74) is 3.42. The lowest BCUT2D eigenvalue weighted by atomic mass is 9.97. The Morgan fingerprint density at radius 3 is 2.40 bits per heavy atom. The van der Waals surface area contributed by atoms with Gasteiger partial charge in [-0.2, -0.15) is 0 Å². The second-order valence-corrected chi connectivity index (χ2v) is 7.80. The van der Waals surface area contributed by atoms with E-state index in [9.17, 15) is 4.79 Å². The number of carbonyl (C=O) groups excluding carboxylic acids is 1. The zero-order chi connectivity index (χ0) is 20.6. The van der Waals surface area contributed by atoms with Crippen LogP contribution in [0.4, 0.5) is 5.95 Å². The Hall–Kier alpha value is -3.21. The molecule has 5 heteroatoms. The van der Waals surface area contributed by atoms with E-state index in [0.717, 1.165) is 43.4 Å². The van der Waals surface area contributed by atoms with Crippen LogP contribution in [0.1, 0.15) is 24.8 Å². The van der Waals surface area contributed by atoms with E-state index < -0.39 is 0 Å². The van der Waals surface area contributed by atoms with Crippen molar-refractivity contribution in [1.82, 2.24) is 15.3 Å². The Kier molecular flexibility index (Phi) is 6.70. The highest BCUT2D eigenvalue weighted by Crippen LogP contribution is 2.22. The monoisotopic (exact) mass is 400 g/mol. The van der Waals surface area contributed by atoms with E-state index >= 15 is 0 Å². The summed E-state index contributed by atoms with van der Waals surface area (Å²) < 4.78 is 0. The standard InChI is InChI=1S/C25H28N4O/c30-24(26-15-7-11-20-9-3-1-4-10-20)22-14-8-16-29(19-22)25-27-17-23(18-28-25)21-12-5-2-6-13-21/h1-6,9-10,12-13,17-18,22H,7-8,11,14-16,19H2,(H,26,30)/t22-/m1/s1. The summed E-state index contributed by atoms with van der Waals surface area (Å²) >= 11 is 0. The molecule has 0 saturated carbocycles. The molecule has 2 heterocycles. The van der Waals surface area contributed by atoms with E-state index in [0.29, 0.717) is 19.0 Å². The number of nitrogens with one attached hydrogen (secondary N) is 1. The minimum absolute atomic E-state index is 0.00660. The van der Waals surface area contributed by atoms with Gasteiger partial charge in [-0.25, -0.2) is 9.97 Å². The fourth-order valence-electron chi connectivity index (χ4n) is 3.93. The van der Waals surface area contributed by atoms with Crippen molar-refractivity contribution in [2.45, 2.75) is 25.7 Å².